The molecule has 1 aliphatic heterocycles. The number of benzene rings is 1. The van der Waals surface area contributed by atoms with E-state index in [1.165, 1.54) is 0 Å². The molecule has 0 spiro atoms. The van der Waals surface area contributed by atoms with Crippen LogP contribution in [0.1, 0.15) is 48.4 Å². The number of fused-ring (bicyclic) bond motifs is 1. The second kappa shape index (κ2) is 7.44. The number of aromatic hydroxyl groups is 1. The molecule has 1 atom stereocenters. The van der Waals surface area contributed by atoms with E-state index >= 15 is 0 Å². The minimum atomic E-state index is -4.08. The van der Waals surface area contributed by atoms with Crippen LogP contribution in [-0.4, -0.2) is 41.9 Å². The zero-order valence-corrected chi connectivity index (χ0v) is 16.5. The van der Waals surface area contributed by atoms with E-state index in [0.29, 0.717) is 12.2 Å². The summed E-state index contributed by atoms with van der Waals surface area (Å²) in [5, 5.41) is 12.7. The van der Waals surface area contributed by atoms with Crippen LogP contribution in [0.15, 0.2) is 0 Å². The summed E-state index contributed by atoms with van der Waals surface area (Å²) in [6, 6.07) is 0. The predicted octanol–water partition coefficient (Wildman–Crippen LogP) is 2.19. The van der Waals surface area contributed by atoms with Crippen molar-refractivity contribution in [2.75, 3.05) is 12.3 Å². The van der Waals surface area contributed by atoms with Gasteiger partial charge in [-0.15, -0.1) is 0 Å². The Morgan fingerprint density at radius 1 is 1.23 bits per heavy atom. The minimum Gasteiger partial charge on any atom is -0.507 e. The van der Waals surface area contributed by atoms with Crippen molar-refractivity contribution in [1.82, 2.24) is 5.32 Å². The third-order valence-electron chi connectivity index (χ3n) is 5.16. The van der Waals surface area contributed by atoms with E-state index in [1.807, 2.05) is 27.7 Å². The highest BCUT2D eigenvalue weighted by molar-refractivity contribution is 7.85. The maximum Gasteiger partial charge on any atom is 0.266 e. The van der Waals surface area contributed by atoms with Gasteiger partial charge in [0.25, 0.3) is 10.1 Å². The number of hydrogen-bond acceptors (Lipinski definition) is 5. The van der Waals surface area contributed by atoms with Crippen LogP contribution in [0, 0.1) is 20.8 Å². The first-order valence-corrected chi connectivity index (χ1v) is 10.3. The van der Waals surface area contributed by atoms with Crippen LogP contribution in [-0.2, 0) is 21.3 Å². The van der Waals surface area contributed by atoms with Crippen LogP contribution in [0.2, 0.25) is 0 Å². The number of ether oxygens (including phenoxy) is 1. The molecule has 1 amide bonds. The van der Waals surface area contributed by atoms with Gasteiger partial charge >= 0.3 is 0 Å². The molecule has 1 aliphatic rings. The van der Waals surface area contributed by atoms with Crippen molar-refractivity contribution in [3.8, 4) is 11.5 Å². The molecule has 26 heavy (non-hydrogen) atoms. The van der Waals surface area contributed by atoms with Crippen molar-refractivity contribution in [3.63, 3.8) is 0 Å². The summed E-state index contributed by atoms with van der Waals surface area (Å²) < 4.78 is 36.2. The molecule has 1 heterocycles. The summed E-state index contributed by atoms with van der Waals surface area (Å²) >= 11 is 0. The lowest BCUT2D eigenvalue weighted by Crippen LogP contribution is -2.39. The summed E-state index contributed by atoms with van der Waals surface area (Å²) in [5.41, 5.74) is 3.06. The van der Waals surface area contributed by atoms with Crippen LogP contribution < -0.4 is 10.1 Å². The second-order valence-corrected chi connectivity index (χ2v) is 8.79. The molecule has 1 aromatic rings. The van der Waals surface area contributed by atoms with E-state index in [-0.39, 0.29) is 18.9 Å². The largest absolute Gasteiger partial charge is 0.507 e. The Kier molecular flexibility index (Phi) is 5.87. The third kappa shape index (κ3) is 4.67. The first kappa shape index (κ1) is 20.5. The Labute approximate surface area is 154 Å². The number of hydrogen-bond donors (Lipinski definition) is 3. The van der Waals surface area contributed by atoms with E-state index in [2.05, 4.69) is 5.32 Å². The monoisotopic (exact) mass is 385 g/mol. The van der Waals surface area contributed by atoms with Gasteiger partial charge in [-0.2, -0.15) is 8.42 Å². The molecule has 146 valence electrons. The molecular formula is C18H27NO6S. The molecule has 2 rings (SSSR count). The maximum absolute atomic E-state index is 11.9. The van der Waals surface area contributed by atoms with Crippen LogP contribution in [0.4, 0.5) is 0 Å². The number of rotatable bonds is 6. The highest BCUT2D eigenvalue weighted by atomic mass is 32.2. The molecular weight excluding hydrogens is 358 g/mol. The standard InChI is InChI=1S/C18H27NO6S/c1-11-12(2)17-14(13(3)16(11)21)5-7-18(4,25-17)8-6-15(20)19-9-10-26(22,23)24/h21H,5-10H2,1-4H3,(H,19,20)(H,22,23,24). The van der Waals surface area contributed by atoms with Crippen molar-refractivity contribution >= 4 is 16.0 Å². The Bertz CT molecular complexity index is 818. The van der Waals surface area contributed by atoms with Crippen LogP contribution >= 0.6 is 0 Å². The molecule has 0 saturated heterocycles. The van der Waals surface area contributed by atoms with Gasteiger partial charge in [0.05, 0.1) is 5.75 Å². The van der Waals surface area contributed by atoms with Crippen molar-refractivity contribution in [2.45, 2.75) is 59.0 Å². The summed E-state index contributed by atoms with van der Waals surface area (Å²) in [4.78, 5) is 11.9. The summed E-state index contributed by atoms with van der Waals surface area (Å²) in [7, 11) is -4.08. The van der Waals surface area contributed by atoms with E-state index < -0.39 is 21.5 Å². The molecule has 1 aromatic carbocycles. The average Bonchev–Trinajstić information content (AvgIpc) is 2.55. The van der Waals surface area contributed by atoms with Crippen LogP contribution in [0.5, 0.6) is 11.5 Å². The quantitative estimate of drug-likeness (QED) is 0.647. The summed E-state index contributed by atoms with van der Waals surface area (Å²) in [6.45, 7) is 7.50. The SMILES string of the molecule is Cc1c(C)c2c(c(C)c1O)CCC(C)(CCC(=O)NCCS(=O)(=O)O)O2. The zero-order chi connectivity index (χ0) is 19.7. The second-order valence-electron chi connectivity index (χ2n) is 7.22. The van der Waals surface area contributed by atoms with E-state index in [1.54, 1.807) is 0 Å². The fourth-order valence-corrected chi connectivity index (χ4v) is 3.62. The van der Waals surface area contributed by atoms with Crippen molar-refractivity contribution in [3.05, 3.63) is 22.3 Å². The Balaban J connectivity index is 2.02. The van der Waals surface area contributed by atoms with Crippen LogP contribution in [0.3, 0.4) is 0 Å². The number of phenols is 1. The molecule has 0 saturated carbocycles. The zero-order valence-electron chi connectivity index (χ0n) is 15.7. The predicted molar refractivity (Wildman–Crippen MR) is 98.3 cm³/mol. The lowest BCUT2D eigenvalue weighted by Gasteiger charge is -2.38. The molecule has 0 bridgehead atoms. The van der Waals surface area contributed by atoms with Gasteiger partial charge in [0, 0.05) is 18.5 Å². The van der Waals surface area contributed by atoms with Crippen molar-refractivity contribution in [1.29, 1.82) is 0 Å². The lowest BCUT2D eigenvalue weighted by atomic mass is 9.85. The van der Waals surface area contributed by atoms with Gasteiger partial charge in [-0.3, -0.25) is 9.35 Å². The molecule has 8 heteroatoms. The number of amides is 1. The molecule has 0 radical (unpaired) electrons. The number of nitrogens with one attached hydrogen (secondary N) is 1. The number of carbonyl (C=O) groups is 1. The Morgan fingerprint density at radius 2 is 1.88 bits per heavy atom. The van der Waals surface area contributed by atoms with Gasteiger partial charge in [-0.05, 0) is 63.6 Å². The molecule has 0 fully saturated rings. The molecule has 0 aliphatic carbocycles. The van der Waals surface area contributed by atoms with Gasteiger partial charge in [-0.25, -0.2) is 0 Å². The first-order valence-electron chi connectivity index (χ1n) is 8.66. The highest BCUT2D eigenvalue weighted by Crippen LogP contribution is 2.44. The topological polar surface area (TPSA) is 113 Å². The molecule has 1 unspecified atom stereocenters. The molecule has 7 nitrogen and oxygen atoms in total. The van der Waals surface area contributed by atoms with E-state index in [4.69, 9.17) is 9.29 Å². The lowest BCUT2D eigenvalue weighted by molar-refractivity contribution is -0.122. The Hall–Kier alpha value is -1.80. The summed E-state index contributed by atoms with van der Waals surface area (Å²) in [6.07, 6.45) is 2.17. The highest BCUT2D eigenvalue weighted by Gasteiger charge is 2.34. The normalized spacial score (nSPS) is 19.6. The third-order valence-corrected chi connectivity index (χ3v) is 5.88. The van der Waals surface area contributed by atoms with Gasteiger partial charge < -0.3 is 15.2 Å². The van der Waals surface area contributed by atoms with Crippen LogP contribution in [0.25, 0.3) is 0 Å². The van der Waals surface area contributed by atoms with Crippen molar-refractivity contribution < 1.29 is 27.6 Å². The molecule has 3 N–H and O–H groups in total. The number of phenolic OH excluding ortho intramolecular Hbond substituents is 1. The van der Waals surface area contributed by atoms with Gasteiger partial charge in [0.15, 0.2) is 0 Å². The molecule has 0 aromatic heterocycles. The maximum atomic E-state index is 11.9. The first-order chi connectivity index (χ1) is 11.9. The van der Waals surface area contributed by atoms with Crippen molar-refractivity contribution in [2.24, 2.45) is 0 Å². The Morgan fingerprint density at radius 3 is 2.50 bits per heavy atom. The van der Waals surface area contributed by atoms with Gasteiger partial charge in [0.1, 0.15) is 17.1 Å². The van der Waals surface area contributed by atoms with Gasteiger partial charge in [-0.1, -0.05) is 0 Å². The van der Waals surface area contributed by atoms with Gasteiger partial charge in [0.2, 0.25) is 5.91 Å². The smallest absolute Gasteiger partial charge is 0.266 e. The van der Waals surface area contributed by atoms with E-state index in [0.717, 1.165) is 40.8 Å². The van der Waals surface area contributed by atoms with E-state index in [9.17, 15) is 18.3 Å². The number of carbonyl (C=O) groups excluding carboxylic acids is 1. The average molecular weight is 385 g/mol. The summed E-state index contributed by atoms with van der Waals surface area (Å²) in [5.74, 6) is 0.324. The fourth-order valence-electron chi connectivity index (χ4n) is 3.26. The minimum absolute atomic E-state index is 0.116. The fraction of sp³-hybridized carbons (Fsp3) is 0.611.